The number of carbonyl (C=O) groups is 1. The van der Waals surface area contributed by atoms with Crippen molar-refractivity contribution in [3.63, 3.8) is 0 Å². The number of H-pyrrole nitrogens is 1. The predicted molar refractivity (Wildman–Crippen MR) is 139 cm³/mol. The summed E-state index contributed by atoms with van der Waals surface area (Å²) in [6.07, 6.45) is 3.07. The van der Waals surface area contributed by atoms with Gasteiger partial charge in [0.15, 0.2) is 5.82 Å². The van der Waals surface area contributed by atoms with Crippen LogP contribution in [0.5, 0.6) is 0 Å². The van der Waals surface area contributed by atoms with Gasteiger partial charge in [-0.05, 0) is 63.9 Å². The Morgan fingerprint density at radius 3 is 2.61 bits per heavy atom. The number of hydrogen-bond acceptors (Lipinski definition) is 8. The number of aromatic nitrogens is 4. The first-order valence-electron chi connectivity index (χ1n) is 12.9. The highest BCUT2D eigenvalue weighted by atomic mass is 19.1. The van der Waals surface area contributed by atoms with E-state index in [2.05, 4.69) is 25.6 Å². The van der Waals surface area contributed by atoms with Crippen molar-refractivity contribution in [2.75, 3.05) is 31.7 Å². The summed E-state index contributed by atoms with van der Waals surface area (Å²) in [6.45, 7) is 7.36. The molecule has 0 bridgehead atoms. The Bertz CT molecular complexity index is 1250. The molecule has 1 aromatic carbocycles. The first-order valence-corrected chi connectivity index (χ1v) is 12.9. The topological polar surface area (TPSA) is 123 Å². The second-order valence-electron chi connectivity index (χ2n) is 10.3. The molecule has 3 N–H and O–H groups in total. The molecule has 202 valence electrons. The Labute approximate surface area is 220 Å². The van der Waals surface area contributed by atoms with Crippen LogP contribution in [0.1, 0.15) is 45.7 Å². The molecule has 2 aromatic heterocycles. The maximum atomic E-state index is 13.7. The summed E-state index contributed by atoms with van der Waals surface area (Å²) in [5.74, 6) is 0.433. The third-order valence-electron chi connectivity index (χ3n) is 6.56. The number of aromatic amines is 1. The molecule has 38 heavy (non-hydrogen) atoms. The maximum absolute atomic E-state index is 13.7. The van der Waals surface area contributed by atoms with E-state index in [4.69, 9.17) is 19.2 Å². The Hall–Kier alpha value is -3.41. The number of hydrogen-bond donors (Lipinski definition) is 3. The van der Waals surface area contributed by atoms with Gasteiger partial charge in [-0.2, -0.15) is 0 Å². The van der Waals surface area contributed by atoms with Gasteiger partial charge in [-0.15, -0.1) is 0 Å². The molecule has 5 rings (SSSR count). The average Bonchev–Trinajstić information content (AvgIpc) is 3.59. The predicted octanol–water partition coefficient (Wildman–Crippen LogP) is 3.84. The second kappa shape index (κ2) is 11.1. The fourth-order valence-corrected chi connectivity index (χ4v) is 4.43. The van der Waals surface area contributed by atoms with Crippen molar-refractivity contribution in [3.8, 4) is 22.6 Å². The van der Waals surface area contributed by atoms with Gasteiger partial charge in [0.05, 0.1) is 41.8 Å². The molecule has 2 aliphatic rings. The van der Waals surface area contributed by atoms with Crippen molar-refractivity contribution in [2.24, 2.45) is 5.41 Å². The van der Waals surface area contributed by atoms with Crippen LogP contribution in [0.3, 0.4) is 0 Å². The lowest BCUT2D eigenvalue weighted by Crippen LogP contribution is -2.50. The Balaban J connectivity index is 1.40. The number of anilines is 1. The smallest absolute Gasteiger partial charge is 0.230 e. The van der Waals surface area contributed by atoms with Gasteiger partial charge in [-0.1, -0.05) is 0 Å². The van der Waals surface area contributed by atoms with Crippen LogP contribution in [0.25, 0.3) is 22.6 Å². The van der Waals surface area contributed by atoms with Crippen LogP contribution in [-0.2, 0) is 19.0 Å². The van der Waals surface area contributed by atoms with Crippen molar-refractivity contribution >= 4 is 11.9 Å². The van der Waals surface area contributed by atoms with Gasteiger partial charge in [0.2, 0.25) is 18.1 Å². The summed E-state index contributed by atoms with van der Waals surface area (Å²) >= 11 is 0. The van der Waals surface area contributed by atoms with Crippen LogP contribution >= 0.6 is 0 Å². The van der Waals surface area contributed by atoms with Crippen LogP contribution in [-0.4, -0.2) is 64.4 Å². The molecule has 10 nitrogen and oxygen atoms in total. The number of nitrogens with zero attached hydrogens (tertiary/aromatic N) is 3. The third kappa shape index (κ3) is 5.85. The van der Waals surface area contributed by atoms with Gasteiger partial charge >= 0.3 is 0 Å². The van der Waals surface area contributed by atoms with Crippen molar-refractivity contribution < 1.29 is 23.4 Å². The molecule has 1 unspecified atom stereocenters. The summed E-state index contributed by atoms with van der Waals surface area (Å²) in [7, 11) is 0. The summed E-state index contributed by atoms with van der Waals surface area (Å²) in [4.78, 5) is 29.7. The van der Waals surface area contributed by atoms with Gasteiger partial charge in [0.25, 0.3) is 0 Å². The van der Waals surface area contributed by atoms with Crippen LogP contribution < -0.4 is 10.6 Å². The zero-order valence-corrected chi connectivity index (χ0v) is 21.8. The zero-order chi connectivity index (χ0) is 26.7. The summed E-state index contributed by atoms with van der Waals surface area (Å²) < 4.78 is 31.3. The number of amides is 1. The van der Waals surface area contributed by atoms with Crippen LogP contribution in [0.15, 0.2) is 36.5 Å². The minimum atomic E-state index is -0.813. The minimum Gasteiger partial charge on any atom is -0.376 e. The van der Waals surface area contributed by atoms with Crippen LogP contribution in [0.2, 0.25) is 0 Å². The van der Waals surface area contributed by atoms with E-state index in [1.54, 1.807) is 24.4 Å². The Morgan fingerprint density at radius 2 is 1.92 bits per heavy atom. The molecule has 0 saturated carbocycles. The van der Waals surface area contributed by atoms with E-state index >= 15 is 0 Å². The normalized spacial score (nSPS) is 23.5. The quantitative estimate of drug-likeness (QED) is 0.406. The maximum Gasteiger partial charge on any atom is 0.230 e. The van der Waals surface area contributed by atoms with E-state index in [0.717, 1.165) is 19.4 Å². The molecule has 3 aromatic rings. The Kier molecular flexibility index (Phi) is 7.68. The van der Waals surface area contributed by atoms with Crippen LogP contribution in [0.4, 0.5) is 10.3 Å². The van der Waals surface area contributed by atoms with Crippen molar-refractivity contribution in [3.05, 3.63) is 48.2 Å². The first kappa shape index (κ1) is 26.2. The van der Waals surface area contributed by atoms with Gasteiger partial charge in [-0.25, -0.2) is 19.3 Å². The van der Waals surface area contributed by atoms with Crippen molar-refractivity contribution in [1.29, 1.82) is 0 Å². The van der Waals surface area contributed by atoms with E-state index in [-0.39, 0.29) is 37.1 Å². The molecular formula is C27H33FN6O4. The number of imidazole rings is 1. The Morgan fingerprint density at radius 1 is 1.16 bits per heavy atom. The lowest BCUT2D eigenvalue weighted by atomic mass is 9.90. The highest BCUT2D eigenvalue weighted by molar-refractivity contribution is 5.83. The van der Waals surface area contributed by atoms with Crippen LogP contribution in [0, 0.1) is 11.2 Å². The number of benzene rings is 1. The molecule has 4 heterocycles. The van der Waals surface area contributed by atoms with Gasteiger partial charge < -0.3 is 29.8 Å². The van der Waals surface area contributed by atoms with E-state index in [1.807, 2.05) is 20.8 Å². The second-order valence-corrected chi connectivity index (χ2v) is 10.3. The summed E-state index contributed by atoms with van der Waals surface area (Å²) in [6, 6.07) is 7.88. The molecule has 11 heteroatoms. The largest absolute Gasteiger partial charge is 0.376 e. The highest BCUT2D eigenvalue weighted by Gasteiger charge is 2.41. The highest BCUT2D eigenvalue weighted by Crippen LogP contribution is 2.35. The van der Waals surface area contributed by atoms with Gasteiger partial charge in [-0.3, -0.25) is 4.79 Å². The lowest BCUT2D eigenvalue weighted by Gasteiger charge is -2.35. The summed E-state index contributed by atoms with van der Waals surface area (Å²) in [5.41, 5.74) is 1.68. The number of nitrogens with one attached hydrogen (secondary N) is 3. The fraction of sp³-hybridized carbons (Fsp3) is 0.481. The molecule has 1 atom stereocenters. The van der Waals surface area contributed by atoms with E-state index in [1.165, 1.54) is 12.1 Å². The fourth-order valence-electron chi connectivity index (χ4n) is 4.43. The number of halogens is 1. The molecule has 2 aliphatic heterocycles. The number of rotatable bonds is 8. The first-order chi connectivity index (χ1) is 18.3. The molecule has 0 radical (unpaired) electrons. The van der Waals surface area contributed by atoms with E-state index < -0.39 is 11.7 Å². The van der Waals surface area contributed by atoms with Crippen molar-refractivity contribution in [1.82, 2.24) is 25.3 Å². The lowest BCUT2D eigenvalue weighted by molar-refractivity contribution is -0.231. The molecule has 1 amide bonds. The van der Waals surface area contributed by atoms with Gasteiger partial charge in [0.1, 0.15) is 5.82 Å². The van der Waals surface area contributed by atoms with E-state index in [9.17, 15) is 9.18 Å². The molecule has 0 aliphatic carbocycles. The van der Waals surface area contributed by atoms with Gasteiger partial charge in [0, 0.05) is 31.0 Å². The standard InChI is InChI=1S/C27H33FN6O4/c1-16(2)31-25(35)27(3)14-37-24(38-15-27)23-33-21(17-6-8-18(28)9-7-17)22(34-23)20-10-11-29-26(32-20)30-13-19-5-4-12-36-19/h6-11,16,19,24H,4-5,12-15H2,1-3H3,(H,31,35)(H,33,34)(H,29,30,32). The molecule has 2 fully saturated rings. The van der Waals surface area contributed by atoms with E-state index in [0.29, 0.717) is 41.0 Å². The molecule has 2 saturated heterocycles. The average molecular weight is 525 g/mol. The number of ether oxygens (including phenoxy) is 3. The third-order valence-corrected chi connectivity index (χ3v) is 6.56. The SMILES string of the molecule is CC(C)NC(=O)C1(C)COC(c2nc(-c3ccc(F)cc3)c(-c3ccnc(NCC4CCCO4)n3)[nH]2)OC1. The number of carbonyl (C=O) groups excluding carboxylic acids is 1. The molecule has 0 spiro atoms. The molecular weight excluding hydrogens is 491 g/mol. The van der Waals surface area contributed by atoms with Crippen molar-refractivity contribution in [2.45, 2.75) is 52.0 Å². The zero-order valence-electron chi connectivity index (χ0n) is 21.8. The minimum absolute atomic E-state index is 0.0147. The monoisotopic (exact) mass is 524 g/mol. The summed E-state index contributed by atoms with van der Waals surface area (Å²) in [5, 5.41) is 6.17.